The number of benzene rings is 1. The zero-order valence-corrected chi connectivity index (χ0v) is 13.1. The molecule has 1 aromatic carbocycles. The molecule has 0 saturated heterocycles. The molecule has 0 aliphatic carbocycles. The fourth-order valence-corrected chi connectivity index (χ4v) is 2.79. The van der Waals surface area contributed by atoms with Gasteiger partial charge in [0, 0.05) is 5.56 Å². The van der Waals surface area contributed by atoms with Gasteiger partial charge in [-0.15, -0.1) is 16.4 Å². The monoisotopic (exact) mass is 331 g/mol. The molecule has 0 saturated carbocycles. The first-order chi connectivity index (χ1) is 10.6. The van der Waals surface area contributed by atoms with Crippen molar-refractivity contribution in [3.05, 3.63) is 58.2 Å². The third kappa shape index (κ3) is 2.92. The number of hydrogen-bond acceptors (Lipinski definition) is 6. The van der Waals surface area contributed by atoms with Gasteiger partial charge in [-0.25, -0.2) is 4.68 Å². The van der Waals surface area contributed by atoms with E-state index in [1.165, 1.54) is 20.7 Å². The van der Waals surface area contributed by atoms with E-state index in [4.69, 9.17) is 18.0 Å². The zero-order chi connectivity index (χ0) is 15.5. The molecule has 0 atom stereocenters. The van der Waals surface area contributed by atoms with Gasteiger partial charge in [0.25, 0.3) is 0 Å². The molecule has 6 nitrogen and oxygen atoms in total. The predicted molar refractivity (Wildman–Crippen MR) is 89.6 cm³/mol. The minimum atomic E-state index is -0.0718. The zero-order valence-electron chi connectivity index (χ0n) is 11.5. The number of nitrogens with two attached hydrogens (primary N) is 1. The molecule has 22 heavy (non-hydrogen) atoms. The van der Waals surface area contributed by atoms with Gasteiger partial charge in [0.15, 0.2) is 5.78 Å². The smallest absolute Gasteiger partial charge is 0.240 e. The number of hydrogen-bond donors (Lipinski definition) is 2. The molecule has 112 valence electrons. The van der Waals surface area contributed by atoms with Crippen LogP contribution in [0.4, 0.5) is 10.9 Å². The largest absolute Gasteiger partial charge is 0.366 e. The van der Waals surface area contributed by atoms with Crippen LogP contribution in [-0.4, -0.2) is 20.2 Å². The van der Waals surface area contributed by atoms with Crippen LogP contribution in [0.1, 0.15) is 10.4 Å². The summed E-state index contributed by atoms with van der Waals surface area (Å²) in [6, 6.07) is 12.8. The van der Waals surface area contributed by atoms with E-state index in [0.29, 0.717) is 10.3 Å². The molecule has 0 spiro atoms. The van der Waals surface area contributed by atoms with E-state index in [-0.39, 0.29) is 18.3 Å². The molecule has 0 radical (unpaired) electrons. The van der Waals surface area contributed by atoms with Crippen LogP contribution in [0.2, 0.25) is 0 Å². The topological polar surface area (TPSA) is 77.9 Å². The Morgan fingerprint density at radius 3 is 2.73 bits per heavy atom. The Bertz CT molecular complexity index is 836. The highest BCUT2D eigenvalue weighted by molar-refractivity contribution is 7.71. The Morgan fingerprint density at radius 2 is 2.05 bits per heavy atom. The maximum atomic E-state index is 12.2. The highest BCUT2D eigenvalue weighted by Crippen LogP contribution is 2.16. The first-order valence-electron chi connectivity index (χ1n) is 6.49. The predicted octanol–water partition coefficient (Wildman–Crippen LogP) is 2.82. The molecule has 0 fully saturated rings. The van der Waals surface area contributed by atoms with Crippen molar-refractivity contribution in [2.24, 2.45) is 0 Å². The van der Waals surface area contributed by atoms with Crippen LogP contribution >= 0.6 is 23.6 Å². The number of thiophene rings is 1. The summed E-state index contributed by atoms with van der Waals surface area (Å²) in [7, 11) is 0. The number of ketones is 1. The molecule has 3 N–H and O–H groups in total. The SMILES string of the molecule is Nc1nn(CC(=O)c2ccccc2)c(=S)n1Nc1cccs1. The molecule has 0 bridgehead atoms. The quantitative estimate of drug-likeness (QED) is 0.555. The van der Waals surface area contributed by atoms with Gasteiger partial charge in [0.1, 0.15) is 11.5 Å². The van der Waals surface area contributed by atoms with Crippen molar-refractivity contribution >= 4 is 40.3 Å². The molecule has 0 aliphatic rings. The molecule has 0 amide bonds. The lowest BCUT2D eigenvalue weighted by Crippen LogP contribution is -2.14. The normalized spacial score (nSPS) is 10.5. The van der Waals surface area contributed by atoms with E-state index in [9.17, 15) is 4.79 Å². The van der Waals surface area contributed by atoms with Crippen LogP contribution in [0.3, 0.4) is 0 Å². The molecular weight excluding hydrogens is 318 g/mol. The summed E-state index contributed by atoms with van der Waals surface area (Å²) < 4.78 is 3.25. The van der Waals surface area contributed by atoms with Crippen molar-refractivity contribution in [3.63, 3.8) is 0 Å². The molecular formula is C14H13N5OS2. The minimum absolute atomic E-state index is 0.0478. The summed E-state index contributed by atoms with van der Waals surface area (Å²) in [5, 5.41) is 6.95. The van der Waals surface area contributed by atoms with Gasteiger partial charge < -0.3 is 5.73 Å². The first kappa shape index (κ1) is 14.5. The van der Waals surface area contributed by atoms with Crippen molar-refractivity contribution in [1.29, 1.82) is 0 Å². The number of nitrogens with one attached hydrogen (secondary N) is 1. The van der Waals surface area contributed by atoms with Gasteiger partial charge in [-0.1, -0.05) is 30.3 Å². The van der Waals surface area contributed by atoms with Crippen LogP contribution in [0, 0.1) is 4.77 Å². The van der Waals surface area contributed by atoms with Crippen LogP contribution in [0.15, 0.2) is 47.8 Å². The molecule has 0 unspecified atom stereocenters. The van der Waals surface area contributed by atoms with E-state index in [1.54, 1.807) is 12.1 Å². The molecule has 2 aromatic heterocycles. The molecule has 8 heteroatoms. The number of nitrogen functional groups attached to an aromatic ring is 1. The second-order valence-corrected chi connectivity index (χ2v) is 5.82. The standard InChI is InChI=1S/C14H13N5OS2/c15-13-17-18(9-11(20)10-5-2-1-3-6-10)14(21)19(13)16-12-7-4-8-22-12/h1-8,16H,9H2,(H2,15,17). The maximum Gasteiger partial charge on any atom is 0.240 e. The average molecular weight is 331 g/mol. The number of carbonyl (C=O) groups is 1. The number of nitrogens with zero attached hydrogens (tertiary/aromatic N) is 3. The average Bonchev–Trinajstić information content (AvgIpc) is 3.13. The highest BCUT2D eigenvalue weighted by Gasteiger charge is 2.12. The van der Waals surface area contributed by atoms with Crippen LogP contribution < -0.4 is 11.2 Å². The minimum Gasteiger partial charge on any atom is -0.366 e. The first-order valence-corrected chi connectivity index (χ1v) is 7.78. The van der Waals surface area contributed by atoms with E-state index < -0.39 is 0 Å². The lowest BCUT2D eigenvalue weighted by molar-refractivity contribution is 0.0967. The van der Waals surface area contributed by atoms with Crippen molar-refractivity contribution < 1.29 is 4.79 Å². The van der Waals surface area contributed by atoms with E-state index in [1.807, 2.05) is 35.7 Å². The summed E-state index contributed by atoms with van der Waals surface area (Å²) >= 11 is 6.85. The molecule has 2 heterocycles. The van der Waals surface area contributed by atoms with Crippen LogP contribution in [0.25, 0.3) is 0 Å². The van der Waals surface area contributed by atoms with Gasteiger partial charge in [-0.2, -0.15) is 4.68 Å². The summed E-state index contributed by atoms with van der Waals surface area (Å²) in [5.41, 5.74) is 9.55. The van der Waals surface area contributed by atoms with Gasteiger partial charge in [-0.3, -0.25) is 10.2 Å². The van der Waals surface area contributed by atoms with E-state index >= 15 is 0 Å². The Labute approximate surface area is 135 Å². The molecule has 3 rings (SSSR count). The van der Waals surface area contributed by atoms with Gasteiger partial charge >= 0.3 is 0 Å². The van der Waals surface area contributed by atoms with Crippen LogP contribution in [-0.2, 0) is 6.54 Å². The Morgan fingerprint density at radius 1 is 1.27 bits per heavy atom. The highest BCUT2D eigenvalue weighted by atomic mass is 32.1. The second kappa shape index (κ2) is 6.12. The second-order valence-electron chi connectivity index (χ2n) is 4.51. The van der Waals surface area contributed by atoms with E-state index in [0.717, 1.165) is 5.00 Å². The lowest BCUT2D eigenvalue weighted by atomic mass is 10.1. The Balaban J connectivity index is 1.84. The molecule has 3 aromatic rings. The number of aromatic nitrogens is 3. The Hall–Kier alpha value is -2.45. The number of carbonyl (C=O) groups excluding carboxylic acids is 1. The van der Waals surface area contributed by atoms with Gasteiger partial charge in [-0.05, 0) is 29.7 Å². The van der Waals surface area contributed by atoms with Crippen molar-refractivity contribution in [3.8, 4) is 0 Å². The molecule has 0 aliphatic heterocycles. The summed E-state index contributed by atoms with van der Waals surface area (Å²) in [5.74, 6) is 0.136. The van der Waals surface area contributed by atoms with Crippen molar-refractivity contribution in [1.82, 2.24) is 14.5 Å². The Kier molecular flexibility index (Phi) is 4.03. The van der Waals surface area contributed by atoms with E-state index in [2.05, 4.69) is 10.5 Å². The summed E-state index contributed by atoms with van der Waals surface area (Å²) in [6.07, 6.45) is 0. The lowest BCUT2D eigenvalue weighted by Gasteiger charge is -2.04. The maximum absolute atomic E-state index is 12.2. The fourth-order valence-electron chi connectivity index (χ4n) is 1.94. The van der Waals surface area contributed by atoms with Gasteiger partial charge in [0.05, 0.1) is 0 Å². The van der Waals surface area contributed by atoms with Crippen LogP contribution in [0.5, 0.6) is 0 Å². The third-order valence-electron chi connectivity index (χ3n) is 3.00. The fraction of sp³-hybridized carbons (Fsp3) is 0.0714. The number of rotatable bonds is 5. The third-order valence-corrected chi connectivity index (χ3v) is 4.16. The number of anilines is 2. The number of Topliss-reactive ketones (excluding diaryl/α,β-unsaturated/α-hetero) is 1. The van der Waals surface area contributed by atoms with Gasteiger partial charge in [0.2, 0.25) is 10.7 Å². The summed E-state index contributed by atoms with van der Waals surface area (Å²) in [6.45, 7) is 0.0478. The van der Waals surface area contributed by atoms with Crippen molar-refractivity contribution in [2.75, 3.05) is 11.2 Å². The summed E-state index contributed by atoms with van der Waals surface area (Å²) in [4.78, 5) is 12.2. The van der Waals surface area contributed by atoms with Crippen molar-refractivity contribution in [2.45, 2.75) is 6.54 Å².